The van der Waals surface area contributed by atoms with Crippen molar-refractivity contribution >= 4 is 12.4 Å². The standard InChI is InChI=1S/C9H9BN2/c11-6-10-4-7-1-2-9(12)3-8(7)5-10/h1-3H,4-5,12H2. The molecule has 0 saturated heterocycles. The number of nitriles is 1. The van der Waals surface area contributed by atoms with Gasteiger partial charge in [0.25, 0.3) is 6.71 Å². The van der Waals surface area contributed by atoms with Gasteiger partial charge in [0.15, 0.2) is 0 Å². The number of nitrogen functional groups attached to an aromatic ring is 1. The van der Waals surface area contributed by atoms with Gasteiger partial charge in [0.1, 0.15) is 0 Å². The molecule has 1 aliphatic rings. The van der Waals surface area contributed by atoms with E-state index in [0.717, 1.165) is 18.3 Å². The van der Waals surface area contributed by atoms with E-state index in [-0.39, 0.29) is 6.71 Å². The minimum atomic E-state index is 0.168. The maximum atomic E-state index is 8.73. The van der Waals surface area contributed by atoms with Crippen LogP contribution in [0.5, 0.6) is 0 Å². The largest absolute Gasteiger partial charge is 0.399 e. The topological polar surface area (TPSA) is 49.8 Å². The molecule has 1 heterocycles. The Morgan fingerprint density at radius 1 is 1.33 bits per heavy atom. The zero-order chi connectivity index (χ0) is 8.55. The fraction of sp³-hybridized carbons (Fsp3) is 0.222. The van der Waals surface area contributed by atoms with Crippen molar-refractivity contribution in [3.05, 3.63) is 29.3 Å². The molecule has 3 heteroatoms. The third-order valence-corrected chi connectivity index (χ3v) is 2.35. The second kappa shape index (κ2) is 2.56. The number of nitrogens with zero attached hydrogens (tertiary/aromatic N) is 1. The van der Waals surface area contributed by atoms with Crippen molar-refractivity contribution in [3.63, 3.8) is 0 Å². The number of nitrogens with two attached hydrogens (primary N) is 1. The predicted molar refractivity (Wildman–Crippen MR) is 49.6 cm³/mol. The smallest absolute Gasteiger partial charge is 0.276 e. The summed E-state index contributed by atoms with van der Waals surface area (Å²) in [5.74, 6) is 2.29. The van der Waals surface area contributed by atoms with Crippen LogP contribution in [0, 0.1) is 11.2 Å². The summed E-state index contributed by atoms with van der Waals surface area (Å²) in [7, 11) is 0. The summed E-state index contributed by atoms with van der Waals surface area (Å²) in [4.78, 5) is 0. The second-order valence-electron chi connectivity index (χ2n) is 3.26. The van der Waals surface area contributed by atoms with E-state index in [9.17, 15) is 0 Å². The first kappa shape index (κ1) is 7.24. The fourth-order valence-corrected chi connectivity index (χ4v) is 1.73. The van der Waals surface area contributed by atoms with Gasteiger partial charge in [-0.2, -0.15) is 0 Å². The van der Waals surface area contributed by atoms with Gasteiger partial charge in [-0.05, 0) is 30.3 Å². The van der Waals surface area contributed by atoms with E-state index in [2.05, 4.69) is 5.97 Å². The average Bonchev–Trinajstić information content (AvgIpc) is 2.46. The van der Waals surface area contributed by atoms with Gasteiger partial charge in [0, 0.05) is 11.7 Å². The maximum Gasteiger partial charge on any atom is 0.276 e. The fourth-order valence-electron chi connectivity index (χ4n) is 1.73. The van der Waals surface area contributed by atoms with Crippen LogP contribution in [-0.2, 0) is 12.6 Å². The molecule has 1 aliphatic heterocycles. The lowest BCUT2D eigenvalue weighted by molar-refractivity contribution is 1.35. The van der Waals surface area contributed by atoms with Crippen molar-refractivity contribution in [1.82, 2.24) is 0 Å². The first-order valence-corrected chi connectivity index (χ1v) is 4.06. The summed E-state index contributed by atoms with van der Waals surface area (Å²) in [5, 5.41) is 8.73. The van der Waals surface area contributed by atoms with Crippen molar-refractivity contribution < 1.29 is 0 Å². The number of rotatable bonds is 0. The number of benzene rings is 1. The lowest BCUT2D eigenvalue weighted by Gasteiger charge is -1.98. The summed E-state index contributed by atoms with van der Waals surface area (Å²) in [6.45, 7) is 0.168. The number of hydrogen-bond acceptors (Lipinski definition) is 2. The molecule has 0 aromatic heterocycles. The van der Waals surface area contributed by atoms with E-state index in [1.165, 1.54) is 11.1 Å². The van der Waals surface area contributed by atoms with Crippen molar-refractivity contribution in [1.29, 1.82) is 5.26 Å². The highest BCUT2D eigenvalue weighted by atomic mass is 14.5. The molecule has 2 rings (SSSR count). The van der Waals surface area contributed by atoms with Gasteiger partial charge in [0.05, 0.1) is 0 Å². The number of hydrogen-bond donors (Lipinski definition) is 1. The van der Waals surface area contributed by atoms with Crippen molar-refractivity contribution in [2.75, 3.05) is 5.73 Å². The third-order valence-electron chi connectivity index (χ3n) is 2.35. The molecule has 0 atom stereocenters. The summed E-state index contributed by atoms with van der Waals surface area (Å²) in [5.41, 5.74) is 8.97. The molecule has 58 valence electrons. The highest BCUT2D eigenvalue weighted by Crippen LogP contribution is 2.22. The van der Waals surface area contributed by atoms with Crippen LogP contribution >= 0.6 is 0 Å². The zero-order valence-corrected chi connectivity index (χ0v) is 6.75. The summed E-state index contributed by atoms with van der Waals surface area (Å²) in [6.07, 6.45) is 1.77. The van der Waals surface area contributed by atoms with Gasteiger partial charge >= 0.3 is 0 Å². The van der Waals surface area contributed by atoms with Gasteiger partial charge in [-0.3, -0.25) is 0 Å². The molecule has 0 fully saturated rings. The summed E-state index contributed by atoms with van der Waals surface area (Å²) in [6, 6.07) is 5.91. The molecule has 1 aromatic carbocycles. The second-order valence-corrected chi connectivity index (χ2v) is 3.26. The first-order valence-electron chi connectivity index (χ1n) is 4.06. The molecule has 0 aliphatic carbocycles. The minimum absolute atomic E-state index is 0.168. The highest BCUT2D eigenvalue weighted by Gasteiger charge is 2.24. The Hall–Kier alpha value is -1.43. The maximum absolute atomic E-state index is 8.73. The Bertz CT molecular complexity index is 354. The van der Waals surface area contributed by atoms with Gasteiger partial charge in [-0.15, -0.1) is 0 Å². The van der Waals surface area contributed by atoms with E-state index >= 15 is 0 Å². The van der Waals surface area contributed by atoms with Crippen LogP contribution in [-0.4, -0.2) is 6.71 Å². The Balaban J connectivity index is 2.37. The molecular weight excluding hydrogens is 147 g/mol. The average molecular weight is 156 g/mol. The Morgan fingerprint density at radius 3 is 2.83 bits per heavy atom. The van der Waals surface area contributed by atoms with Crippen LogP contribution in [0.1, 0.15) is 11.1 Å². The number of anilines is 1. The zero-order valence-electron chi connectivity index (χ0n) is 6.75. The van der Waals surface area contributed by atoms with Crippen molar-refractivity contribution in [2.45, 2.75) is 12.6 Å². The van der Waals surface area contributed by atoms with Crippen LogP contribution in [0.2, 0.25) is 0 Å². The summed E-state index contributed by atoms with van der Waals surface area (Å²) < 4.78 is 0. The van der Waals surface area contributed by atoms with Crippen LogP contribution < -0.4 is 5.73 Å². The molecule has 0 saturated carbocycles. The molecule has 0 unspecified atom stereocenters. The predicted octanol–water partition coefficient (Wildman–Crippen LogP) is 1.00. The number of fused-ring (bicyclic) bond motifs is 1. The quantitative estimate of drug-likeness (QED) is 0.450. The van der Waals surface area contributed by atoms with E-state index < -0.39 is 0 Å². The monoisotopic (exact) mass is 156 g/mol. The van der Waals surface area contributed by atoms with Gasteiger partial charge in [-0.25, -0.2) is 5.26 Å². The third kappa shape index (κ3) is 1.06. The van der Waals surface area contributed by atoms with Crippen LogP contribution in [0.3, 0.4) is 0 Å². The SMILES string of the molecule is N#CB1Cc2ccc(N)cc2C1. The van der Waals surface area contributed by atoms with Crippen LogP contribution in [0.15, 0.2) is 18.2 Å². The van der Waals surface area contributed by atoms with Crippen LogP contribution in [0.4, 0.5) is 5.69 Å². The summed E-state index contributed by atoms with van der Waals surface area (Å²) >= 11 is 0. The molecule has 2 N–H and O–H groups in total. The lowest BCUT2D eigenvalue weighted by atomic mass is 9.49. The Morgan fingerprint density at radius 2 is 2.08 bits per heavy atom. The van der Waals surface area contributed by atoms with Gasteiger partial charge in [-0.1, -0.05) is 11.6 Å². The van der Waals surface area contributed by atoms with Crippen molar-refractivity contribution in [2.24, 2.45) is 0 Å². The van der Waals surface area contributed by atoms with Gasteiger partial charge < -0.3 is 5.73 Å². The molecule has 1 aromatic rings. The Labute approximate surface area is 72.1 Å². The van der Waals surface area contributed by atoms with E-state index in [1.54, 1.807) is 0 Å². The molecular formula is C9H9BN2. The molecule has 2 nitrogen and oxygen atoms in total. The lowest BCUT2D eigenvalue weighted by Crippen LogP contribution is -2.09. The van der Waals surface area contributed by atoms with E-state index in [4.69, 9.17) is 11.0 Å². The molecule has 0 amide bonds. The molecule has 12 heavy (non-hydrogen) atoms. The normalized spacial score (nSPS) is 14.1. The molecule has 0 spiro atoms. The van der Waals surface area contributed by atoms with Gasteiger partial charge in [0.2, 0.25) is 0 Å². The van der Waals surface area contributed by atoms with Crippen LogP contribution in [0.25, 0.3) is 0 Å². The Kier molecular flexibility index (Phi) is 1.55. The molecule has 0 bridgehead atoms. The minimum Gasteiger partial charge on any atom is -0.399 e. The van der Waals surface area contributed by atoms with E-state index in [0.29, 0.717) is 0 Å². The van der Waals surface area contributed by atoms with Crippen molar-refractivity contribution in [3.8, 4) is 5.97 Å². The van der Waals surface area contributed by atoms with E-state index in [1.807, 2.05) is 18.2 Å². The first-order chi connectivity index (χ1) is 5.79. The molecule has 0 radical (unpaired) electrons. The highest BCUT2D eigenvalue weighted by molar-refractivity contribution is 6.67.